The average molecular weight is 842 g/mol. The number of fused-ring (bicyclic) bond motifs is 8. The maximum absolute atomic E-state index is 2.47. The molecule has 2 aromatic heterocycles. The molecule has 0 radical (unpaired) electrons. The quantitative estimate of drug-likeness (QED) is 0.143. The van der Waals surface area contributed by atoms with Crippen LogP contribution in [-0.2, 0) is 0 Å². The summed E-state index contributed by atoms with van der Waals surface area (Å²) in [4.78, 5) is 7.33. The SMILES string of the molecule is c1ccc(N(c2ccccc2)c2cc3c(sc4cc(N(c5ccccc5)c5cccc6sc7ccccc7c56)cc(N(c5ccccc5)c5ccccc5)c43)c3ccccc23)cc1. The largest absolute Gasteiger partial charge is 0.310 e. The Bertz CT molecular complexity index is 3490. The van der Waals surface area contributed by atoms with E-state index in [-0.39, 0.29) is 0 Å². The summed E-state index contributed by atoms with van der Waals surface area (Å²) in [5.41, 5.74) is 10.0. The van der Waals surface area contributed by atoms with Gasteiger partial charge in [0.1, 0.15) is 0 Å². The van der Waals surface area contributed by atoms with Gasteiger partial charge in [0.05, 0.1) is 17.1 Å². The second-order valence-corrected chi connectivity index (χ2v) is 17.8. The number of hydrogen-bond donors (Lipinski definition) is 0. The van der Waals surface area contributed by atoms with Crippen LogP contribution in [0.3, 0.4) is 0 Å². The highest BCUT2D eigenvalue weighted by atomic mass is 32.1. The van der Waals surface area contributed by atoms with Crippen molar-refractivity contribution in [3.05, 3.63) is 237 Å². The minimum Gasteiger partial charge on any atom is -0.310 e. The van der Waals surface area contributed by atoms with E-state index in [4.69, 9.17) is 0 Å². The van der Waals surface area contributed by atoms with Crippen molar-refractivity contribution in [1.82, 2.24) is 0 Å². The summed E-state index contributed by atoms with van der Waals surface area (Å²) >= 11 is 3.74. The maximum Gasteiger partial charge on any atom is 0.0575 e. The van der Waals surface area contributed by atoms with Crippen LogP contribution >= 0.6 is 22.7 Å². The second-order valence-electron chi connectivity index (χ2n) is 15.7. The van der Waals surface area contributed by atoms with Gasteiger partial charge in [0.25, 0.3) is 0 Å². The van der Waals surface area contributed by atoms with E-state index in [9.17, 15) is 0 Å². The van der Waals surface area contributed by atoms with Gasteiger partial charge in [-0.25, -0.2) is 0 Å². The molecule has 0 saturated carbocycles. The van der Waals surface area contributed by atoms with E-state index in [0.717, 1.165) is 51.2 Å². The maximum atomic E-state index is 2.47. The van der Waals surface area contributed by atoms with Gasteiger partial charge in [-0.2, -0.15) is 0 Å². The van der Waals surface area contributed by atoms with E-state index in [1.807, 2.05) is 22.7 Å². The van der Waals surface area contributed by atoms with Crippen molar-refractivity contribution in [3.63, 3.8) is 0 Å². The molecule has 0 unspecified atom stereocenters. The van der Waals surface area contributed by atoms with Crippen molar-refractivity contribution in [3.8, 4) is 0 Å². The van der Waals surface area contributed by atoms with Crippen LogP contribution in [0.25, 0.3) is 51.1 Å². The van der Waals surface area contributed by atoms with Gasteiger partial charge >= 0.3 is 0 Å². The van der Waals surface area contributed by atoms with Crippen molar-refractivity contribution < 1.29 is 0 Å². The molecule has 0 aliphatic heterocycles. The Morgan fingerprint density at radius 2 is 0.667 bits per heavy atom. The predicted molar refractivity (Wildman–Crippen MR) is 274 cm³/mol. The molecular weight excluding hydrogens is 803 g/mol. The Labute approximate surface area is 374 Å². The fourth-order valence-electron chi connectivity index (χ4n) is 9.27. The molecule has 0 fully saturated rings. The summed E-state index contributed by atoms with van der Waals surface area (Å²) in [6, 6.07) is 85.8. The molecule has 0 bridgehead atoms. The molecule has 0 saturated heterocycles. The zero-order valence-corrected chi connectivity index (χ0v) is 35.8. The van der Waals surface area contributed by atoms with Crippen molar-refractivity contribution in [2.75, 3.05) is 14.7 Å². The average Bonchev–Trinajstić information content (AvgIpc) is 3.93. The van der Waals surface area contributed by atoms with Crippen molar-refractivity contribution >= 4 is 125 Å². The highest BCUT2D eigenvalue weighted by Crippen LogP contribution is 2.53. The molecule has 0 atom stereocenters. The van der Waals surface area contributed by atoms with E-state index >= 15 is 0 Å². The lowest BCUT2D eigenvalue weighted by atomic mass is 10.00. The molecule has 0 aliphatic carbocycles. The molecule has 0 amide bonds. The first-order valence-electron chi connectivity index (χ1n) is 21.3. The first kappa shape index (κ1) is 37.1. The third-order valence-electron chi connectivity index (χ3n) is 12.0. The molecule has 12 rings (SSSR count). The molecule has 5 heteroatoms. The summed E-state index contributed by atoms with van der Waals surface area (Å²) in [5.74, 6) is 0. The van der Waals surface area contributed by atoms with Gasteiger partial charge in [-0.3, -0.25) is 0 Å². The molecule has 12 aromatic rings. The Hall–Kier alpha value is -7.70. The smallest absolute Gasteiger partial charge is 0.0575 e. The minimum atomic E-state index is 1.09. The van der Waals surface area contributed by atoms with E-state index in [1.54, 1.807) is 0 Å². The van der Waals surface area contributed by atoms with Crippen LogP contribution in [0.5, 0.6) is 0 Å². The summed E-state index contributed by atoms with van der Waals surface area (Å²) in [5, 5.41) is 7.41. The molecule has 0 aliphatic rings. The highest BCUT2D eigenvalue weighted by Gasteiger charge is 2.26. The zero-order chi connectivity index (χ0) is 41.7. The molecule has 0 spiro atoms. The second kappa shape index (κ2) is 15.6. The van der Waals surface area contributed by atoms with Crippen LogP contribution in [0.2, 0.25) is 0 Å². The third kappa shape index (κ3) is 6.40. The Kier molecular flexibility index (Phi) is 9.21. The number of thiophene rings is 2. The molecule has 298 valence electrons. The minimum absolute atomic E-state index is 1.09. The molecule has 63 heavy (non-hydrogen) atoms. The van der Waals surface area contributed by atoms with Crippen molar-refractivity contribution in [2.45, 2.75) is 0 Å². The van der Waals surface area contributed by atoms with Crippen LogP contribution in [0.4, 0.5) is 51.2 Å². The van der Waals surface area contributed by atoms with Crippen LogP contribution in [-0.4, -0.2) is 0 Å². The fraction of sp³-hybridized carbons (Fsp3) is 0. The lowest BCUT2D eigenvalue weighted by molar-refractivity contribution is 1.27. The summed E-state index contributed by atoms with van der Waals surface area (Å²) in [6.07, 6.45) is 0. The Morgan fingerprint density at radius 1 is 0.238 bits per heavy atom. The summed E-state index contributed by atoms with van der Waals surface area (Å²) < 4.78 is 5.04. The number of para-hydroxylation sites is 5. The fourth-order valence-corrected chi connectivity index (χ4v) is 11.7. The molecule has 0 N–H and O–H groups in total. The van der Waals surface area contributed by atoms with Gasteiger partial charge < -0.3 is 14.7 Å². The first-order valence-corrected chi connectivity index (χ1v) is 22.9. The van der Waals surface area contributed by atoms with Crippen LogP contribution < -0.4 is 14.7 Å². The molecular formula is C58H39N3S2. The Balaban J connectivity index is 1.22. The van der Waals surface area contributed by atoms with Crippen LogP contribution in [0.15, 0.2) is 237 Å². The monoisotopic (exact) mass is 841 g/mol. The lowest BCUT2D eigenvalue weighted by Gasteiger charge is -2.31. The van der Waals surface area contributed by atoms with Crippen molar-refractivity contribution in [1.29, 1.82) is 0 Å². The number of benzene rings is 10. The molecule has 10 aromatic carbocycles. The highest BCUT2D eigenvalue weighted by molar-refractivity contribution is 7.27. The standard InChI is InChI=1S/C58H39N3S2/c1-6-21-40(22-7-1)59(41-23-8-2-9-24-41)51-39-49-57-52(60(42-25-10-3-11-26-42)43-27-12-4-13-28-43)37-45(38-55(57)63-58(49)47-32-17-16-31-46(47)51)61(44-29-14-5-15-30-44)50-34-20-36-54-56(50)48-33-18-19-35-53(48)62-54/h1-39H. The van der Waals surface area contributed by atoms with Gasteiger partial charge in [0, 0.05) is 85.2 Å². The van der Waals surface area contributed by atoms with Gasteiger partial charge in [-0.05, 0) is 97.1 Å². The number of rotatable bonds is 9. The normalized spacial score (nSPS) is 11.5. The Morgan fingerprint density at radius 3 is 1.22 bits per heavy atom. The van der Waals surface area contributed by atoms with Gasteiger partial charge in [0.15, 0.2) is 0 Å². The van der Waals surface area contributed by atoms with Crippen molar-refractivity contribution in [2.24, 2.45) is 0 Å². The van der Waals surface area contributed by atoms with E-state index in [1.165, 1.54) is 51.1 Å². The molecule has 3 nitrogen and oxygen atoms in total. The third-order valence-corrected chi connectivity index (χ3v) is 14.3. The summed E-state index contributed by atoms with van der Waals surface area (Å²) in [6.45, 7) is 0. The summed E-state index contributed by atoms with van der Waals surface area (Å²) in [7, 11) is 0. The predicted octanol–water partition coefficient (Wildman–Crippen LogP) is 18.0. The molecule has 2 heterocycles. The zero-order valence-electron chi connectivity index (χ0n) is 34.2. The van der Waals surface area contributed by atoms with Gasteiger partial charge in [-0.15, -0.1) is 22.7 Å². The lowest BCUT2D eigenvalue weighted by Crippen LogP contribution is -2.13. The van der Waals surface area contributed by atoms with Crippen LogP contribution in [0, 0.1) is 0 Å². The van der Waals surface area contributed by atoms with E-state index in [2.05, 4.69) is 251 Å². The number of anilines is 9. The number of hydrogen-bond acceptors (Lipinski definition) is 5. The number of nitrogens with zero attached hydrogens (tertiary/aromatic N) is 3. The first-order chi connectivity index (χ1) is 31.3. The van der Waals surface area contributed by atoms with Gasteiger partial charge in [-0.1, -0.05) is 140 Å². The van der Waals surface area contributed by atoms with E-state index < -0.39 is 0 Å². The van der Waals surface area contributed by atoms with E-state index in [0.29, 0.717) is 0 Å². The topological polar surface area (TPSA) is 9.72 Å². The van der Waals surface area contributed by atoms with Crippen LogP contribution in [0.1, 0.15) is 0 Å². The van der Waals surface area contributed by atoms with Gasteiger partial charge in [0.2, 0.25) is 0 Å².